The number of hydrogen-bond donors (Lipinski definition) is 1. The van der Waals surface area contributed by atoms with E-state index in [0.29, 0.717) is 16.4 Å². The second kappa shape index (κ2) is 6.83. The minimum atomic E-state index is -3.63. The summed E-state index contributed by atoms with van der Waals surface area (Å²) < 4.78 is 32.7. The smallest absolute Gasteiger partial charge is 0.338 e. The normalized spacial score (nSPS) is 11.6. The zero-order valence-corrected chi connectivity index (χ0v) is 14.7. The first-order valence-corrected chi connectivity index (χ1v) is 9.09. The van der Waals surface area contributed by atoms with Gasteiger partial charge in [-0.1, -0.05) is 17.7 Å². The summed E-state index contributed by atoms with van der Waals surface area (Å²) in [4.78, 5) is 16.5. The lowest BCUT2D eigenvalue weighted by Gasteiger charge is -2.06. The maximum Gasteiger partial charge on any atom is 0.338 e. The van der Waals surface area contributed by atoms with Crippen LogP contribution in [-0.4, -0.2) is 30.8 Å². The predicted octanol–water partition coefficient (Wildman–Crippen LogP) is 2.25. The van der Waals surface area contributed by atoms with Crippen molar-refractivity contribution >= 4 is 33.2 Å². The number of benzene rings is 1. The van der Waals surface area contributed by atoms with Crippen molar-refractivity contribution in [3.8, 4) is 0 Å². The second-order valence-corrected chi connectivity index (χ2v) is 7.48. The maximum absolute atomic E-state index is 12.2. The van der Waals surface area contributed by atoms with E-state index in [0.717, 1.165) is 0 Å². The highest BCUT2D eigenvalue weighted by atomic mass is 35.5. The van der Waals surface area contributed by atoms with Crippen LogP contribution < -0.4 is 4.72 Å². The zero-order chi connectivity index (χ0) is 18.0. The minimum absolute atomic E-state index is 0.00757. The van der Waals surface area contributed by atoms with Crippen LogP contribution in [0.5, 0.6) is 0 Å². The largest absolute Gasteiger partial charge is 0.456 e. The molecule has 0 bridgehead atoms. The maximum atomic E-state index is 12.2. The summed E-state index contributed by atoms with van der Waals surface area (Å²) >= 11 is 5.91. The van der Waals surface area contributed by atoms with Gasteiger partial charge in [0.25, 0.3) is 0 Å². The van der Waals surface area contributed by atoms with E-state index in [1.54, 1.807) is 28.9 Å². The van der Waals surface area contributed by atoms with Crippen LogP contribution in [0.25, 0.3) is 5.65 Å². The highest BCUT2D eigenvalue weighted by Gasteiger charge is 2.15. The van der Waals surface area contributed by atoms with Crippen molar-refractivity contribution in [1.29, 1.82) is 0 Å². The summed E-state index contributed by atoms with van der Waals surface area (Å²) in [5.74, 6) is -0.636. The number of hydrogen-bond acceptors (Lipinski definition) is 5. The van der Waals surface area contributed by atoms with Crippen LogP contribution in [0.15, 0.2) is 53.7 Å². The molecule has 130 valence electrons. The first kappa shape index (κ1) is 17.4. The van der Waals surface area contributed by atoms with Gasteiger partial charge in [0.15, 0.2) is 0 Å². The van der Waals surface area contributed by atoms with Gasteiger partial charge in [0.05, 0.1) is 21.2 Å². The number of carbonyl (C=O) groups excluding carboxylic acids is 1. The van der Waals surface area contributed by atoms with E-state index in [9.17, 15) is 13.2 Å². The van der Waals surface area contributed by atoms with Crippen LogP contribution in [0.1, 0.15) is 16.1 Å². The van der Waals surface area contributed by atoms with E-state index in [-0.39, 0.29) is 17.1 Å². The molecule has 9 heteroatoms. The number of pyridine rings is 1. The Balaban J connectivity index is 1.75. The molecule has 7 nitrogen and oxygen atoms in total. The fourth-order valence-electron chi connectivity index (χ4n) is 2.22. The quantitative estimate of drug-likeness (QED) is 0.687. The molecule has 0 aliphatic rings. The van der Waals surface area contributed by atoms with Crippen molar-refractivity contribution in [3.05, 3.63) is 65.1 Å². The summed E-state index contributed by atoms with van der Waals surface area (Å²) in [7, 11) is -2.33. The third kappa shape index (κ3) is 3.81. The van der Waals surface area contributed by atoms with E-state index in [1.807, 2.05) is 0 Å². The van der Waals surface area contributed by atoms with E-state index >= 15 is 0 Å². The van der Waals surface area contributed by atoms with Crippen molar-refractivity contribution in [1.82, 2.24) is 14.1 Å². The lowest BCUT2D eigenvalue weighted by atomic mass is 10.2. The molecule has 0 amide bonds. The Kier molecular flexibility index (Phi) is 4.76. The van der Waals surface area contributed by atoms with Crippen LogP contribution in [0.4, 0.5) is 0 Å². The van der Waals surface area contributed by atoms with Crippen LogP contribution in [0.2, 0.25) is 5.02 Å². The first-order chi connectivity index (χ1) is 11.9. The zero-order valence-electron chi connectivity index (χ0n) is 13.1. The summed E-state index contributed by atoms with van der Waals surface area (Å²) in [6, 6.07) is 9.09. The SMILES string of the molecule is CNS(=O)(=O)c1cccc(C(=O)OCc2cn3cc(Cl)ccc3n2)c1. The van der Waals surface area contributed by atoms with E-state index in [1.165, 1.54) is 31.3 Å². The van der Waals surface area contributed by atoms with Gasteiger partial charge < -0.3 is 9.14 Å². The summed E-state index contributed by atoms with van der Waals surface area (Å²) in [6.07, 6.45) is 3.40. The monoisotopic (exact) mass is 379 g/mol. The van der Waals surface area contributed by atoms with Crippen LogP contribution in [0.3, 0.4) is 0 Å². The van der Waals surface area contributed by atoms with E-state index < -0.39 is 16.0 Å². The number of fused-ring (bicyclic) bond motifs is 1. The molecule has 1 aromatic carbocycles. The van der Waals surface area contributed by atoms with Gasteiger partial charge in [0.2, 0.25) is 10.0 Å². The Morgan fingerprint density at radius 1 is 1.28 bits per heavy atom. The van der Waals surface area contributed by atoms with E-state index in [4.69, 9.17) is 16.3 Å². The molecule has 0 radical (unpaired) electrons. The lowest BCUT2D eigenvalue weighted by molar-refractivity contribution is 0.0468. The fourth-order valence-corrected chi connectivity index (χ4v) is 3.16. The third-order valence-electron chi connectivity index (χ3n) is 3.46. The molecule has 0 saturated heterocycles. The molecule has 3 aromatic rings. The first-order valence-electron chi connectivity index (χ1n) is 7.23. The second-order valence-electron chi connectivity index (χ2n) is 5.16. The van der Waals surface area contributed by atoms with Gasteiger partial charge in [0, 0.05) is 12.4 Å². The highest BCUT2D eigenvalue weighted by molar-refractivity contribution is 7.89. The molecule has 2 heterocycles. The van der Waals surface area contributed by atoms with Crippen LogP contribution in [-0.2, 0) is 21.4 Å². The standard InChI is InChI=1S/C16H14ClN3O4S/c1-18-25(22,23)14-4-2-3-11(7-14)16(21)24-10-13-9-20-8-12(17)5-6-15(20)19-13/h2-9,18H,10H2,1H3. The number of rotatable bonds is 5. The van der Waals surface area contributed by atoms with Crippen molar-refractivity contribution < 1.29 is 17.9 Å². The van der Waals surface area contributed by atoms with Crippen LogP contribution in [0, 0.1) is 0 Å². The topological polar surface area (TPSA) is 89.8 Å². The molecule has 0 aliphatic heterocycles. The molecule has 0 saturated carbocycles. The molecule has 0 aliphatic carbocycles. The van der Waals surface area contributed by atoms with Crippen molar-refractivity contribution in [3.63, 3.8) is 0 Å². The Morgan fingerprint density at radius 3 is 2.84 bits per heavy atom. The molecular weight excluding hydrogens is 366 g/mol. The number of sulfonamides is 1. The molecule has 3 rings (SSSR count). The Hall–Kier alpha value is -2.42. The predicted molar refractivity (Wildman–Crippen MR) is 92.0 cm³/mol. The number of halogens is 1. The molecule has 1 N–H and O–H groups in total. The van der Waals surface area contributed by atoms with Gasteiger partial charge in [-0.05, 0) is 37.4 Å². The molecule has 2 aromatic heterocycles. The number of nitrogens with zero attached hydrogens (tertiary/aromatic N) is 2. The van der Waals surface area contributed by atoms with Gasteiger partial charge in [0.1, 0.15) is 12.3 Å². The van der Waals surface area contributed by atoms with Gasteiger partial charge in [-0.3, -0.25) is 0 Å². The minimum Gasteiger partial charge on any atom is -0.456 e. The average Bonchev–Trinajstić information content (AvgIpc) is 3.01. The molecular formula is C16H14ClN3O4S. The number of nitrogens with one attached hydrogen (secondary N) is 1. The summed E-state index contributed by atoms with van der Waals surface area (Å²) in [5.41, 5.74) is 1.37. The molecule has 0 spiro atoms. The number of carbonyl (C=O) groups is 1. The summed E-state index contributed by atoms with van der Waals surface area (Å²) in [5, 5.41) is 0.566. The van der Waals surface area contributed by atoms with Crippen molar-refractivity contribution in [2.75, 3.05) is 7.05 Å². The fraction of sp³-hybridized carbons (Fsp3) is 0.125. The lowest BCUT2D eigenvalue weighted by Crippen LogP contribution is -2.19. The highest BCUT2D eigenvalue weighted by Crippen LogP contribution is 2.15. The van der Waals surface area contributed by atoms with Gasteiger partial charge in [-0.15, -0.1) is 0 Å². The Labute approximate surface area is 149 Å². The number of ether oxygens (including phenoxy) is 1. The van der Waals surface area contributed by atoms with Crippen LogP contribution >= 0.6 is 11.6 Å². The Morgan fingerprint density at radius 2 is 2.08 bits per heavy atom. The number of esters is 1. The molecule has 0 atom stereocenters. The van der Waals surface area contributed by atoms with Gasteiger partial charge in [-0.25, -0.2) is 22.9 Å². The Bertz CT molecular complexity index is 1050. The number of imidazole rings is 1. The molecule has 0 unspecified atom stereocenters. The molecule has 25 heavy (non-hydrogen) atoms. The van der Waals surface area contributed by atoms with Gasteiger partial charge in [-0.2, -0.15) is 0 Å². The van der Waals surface area contributed by atoms with Crippen molar-refractivity contribution in [2.45, 2.75) is 11.5 Å². The third-order valence-corrected chi connectivity index (χ3v) is 5.10. The van der Waals surface area contributed by atoms with Gasteiger partial charge >= 0.3 is 5.97 Å². The number of aromatic nitrogens is 2. The molecule has 0 fully saturated rings. The summed E-state index contributed by atoms with van der Waals surface area (Å²) in [6.45, 7) is -0.0405. The van der Waals surface area contributed by atoms with E-state index in [2.05, 4.69) is 9.71 Å². The van der Waals surface area contributed by atoms with Crippen molar-refractivity contribution in [2.24, 2.45) is 0 Å². The average molecular weight is 380 g/mol.